The molecule has 0 rings (SSSR count). The molecule has 0 fully saturated rings. The predicted octanol–water partition coefficient (Wildman–Crippen LogP) is 3.78. The van der Waals surface area contributed by atoms with Crippen molar-refractivity contribution in [3.63, 3.8) is 0 Å². The Balaban J connectivity index is 5.28. The van der Waals surface area contributed by atoms with Crippen molar-refractivity contribution in [2.24, 2.45) is 5.92 Å². The molecule has 0 aromatic heterocycles. The van der Waals surface area contributed by atoms with Crippen molar-refractivity contribution in [2.75, 3.05) is 13.7 Å². The Kier molecular flexibility index (Phi) is 8.20. The molecule has 0 aliphatic rings. The molecule has 128 valence electrons. The van der Waals surface area contributed by atoms with Gasteiger partial charge < -0.3 is 14.4 Å². The van der Waals surface area contributed by atoms with E-state index >= 15 is 0 Å². The Morgan fingerprint density at radius 3 is 2.09 bits per heavy atom. The molecule has 0 heterocycles. The molecule has 0 aromatic rings. The second-order valence-corrected chi connectivity index (χ2v) is 6.59. The van der Waals surface area contributed by atoms with Crippen LogP contribution < -0.4 is 0 Å². The Hall–Kier alpha value is -1.52. The summed E-state index contributed by atoms with van der Waals surface area (Å²) >= 11 is 0. The average molecular weight is 313 g/mol. The van der Waals surface area contributed by atoms with Crippen molar-refractivity contribution in [1.29, 1.82) is 0 Å². The monoisotopic (exact) mass is 313 g/mol. The van der Waals surface area contributed by atoms with E-state index in [1.807, 2.05) is 47.6 Å². The van der Waals surface area contributed by atoms with Crippen LogP contribution in [0.2, 0.25) is 0 Å². The number of carbonyl (C=O) groups excluding carboxylic acids is 2. The molecule has 0 saturated carbocycles. The number of rotatable bonds is 6. The van der Waals surface area contributed by atoms with Gasteiger partial charge in [-0.2, -0.15) is 0 Å². The van der Waals surface area contributed by atoms with Crippen molar-refractivity contribution in [3.05, 3.63) is 11.6 Å². The van der Waals surface area contributed by atoms with Crippen LogP contribution in [-0.4, -0.2) is 42.3 Å². The number of nitrogens with zero attached hydrogens (tertiary/aromatic N) is 1. The van der Waals surface area contributed by atoms with Crippen LogP contribution in [0.5, 0.6) is 0 Å². The topological polar surface area (TPSA) is 55.8 Å². The van der Waals surface area contributed by atoms with Gasteiger partial charge in [0.15, 0.2) is 0 Å². The van der Waals surface area contributed by atoms with Crippen LogP contribution in [0, 0.1) is 5.92 Å². The Morgan fingerprint density at radius 1 is 1.18 bits per heavy atom. The Morgan fingerprint density at radius 2 is 1.73 bits per heavy atom. The van der Waals surface area contributed by atoms with Gasteiger partial charge >= 0.3 is 12.1 Å². The molecule has 0 aliphatic heterocycles. The summed E-state index contributed by atoms with van der Waals surface area (Å²) in [6.07, 6.45) is 1.97. The van der Waals surface area contributed by atoms with Gasteiger partial charge in [-0.25, -0.2) is 9.59 Å². The van der Waals surface area contributed by atoms with Crippen molar-refractivity contribution in [2.45, 2.75) is 66.5 Å². The third-order valence-electron chi connectivity index (χ3n) is 3.10. The van der Waals surface area contributed by atoms with Gasteiger partial charge in [-0.1, -0.05) is 26.8 Å². The van der Waals surface area contributed by atoms with E-state index in [-0.39, 0.29) is 17.9 Å². The lowest BCUT2D eigenvalue weighted by atomic mass is 9.99. The maximum atomic E-state index is 12.2. The Bertz CT molecular complexity index is 407. The van der Waals surface area contributed by atoms with Crippen molar-refractivity contribution >= 4 is 12.1 Å². The quantitative estimate of drug-likeness (QED) is 0.553. The highest BCUT2D eigenvalue weighted by molar-refractivity contribution is 5.88. The van der Waals surface area contributed by atoms with Gasteiger partial charge in [-0.3, -0.25) is 0 Å². The second kappa shape index (κ2) is 8.81. The van der Waals surface area contributed by atoms with E-state index in [1.165, 1.54) is 4.90 Å². The average Bonchev–Trinajstić information content (AvgIpc) is 2.37. The minimum atomic E-state index is -0.550. The third kappa shape index (κ3) is 6.96. The summed E-state index contributed by atoms with van der Waals surface area (Å²) in [5, 5.41) is 0. The number of carbonyl (C=O) groups is 2. The third-order valence-corrected chi connectivity index (χ3v) is 3.10. The molecule has 0 N–H and O–H groups in total. The second-order valence-electron chi connectivity index (χ2n) is 6.59. The number of likely N-dealkylation sites (N-methyl/N-ethyl adjacent to an activating group) is 1. The van der Waals surface area contributed by atoms with Gasteiger partial charge in [0.25, 0.3) is 0 Å². The summed E-state index contributed by atoms with van der Waals surface area (Å²) in [6.45, 7) is 13.5. The molecule has 0 spiro atoms. The zero-order chi connectivity index (χ0) is 17.5. The minimum Gasteiger partial charge on any atom is -0.463 e. The van der Waals surface area contributed by atoms with E-state index in [4.69, 9.17) is 9.47 Å². The van der Waals surface area contributed by atoms with Crippen molar-refractivity contribution in [1.82, 2.24) is 4.90 Å². The maximum Gasteiger partial charge on any atom is 0.410 e. The first kappa shape index (κ1) is 20.5. The van der Waals surface area contributed by atoms with Crippen LogP contribution in [-0.2, 0) is 14.3 Å². The highest BCUT2D eigenvalue weighted by Gasteiger charge is 2.27. The number of ether oxygens (including phenoxy) is 2. The largest absolute Gasteiger partial charge is 0.463 e. The molecule has 5 heteroatoms. The summed E-state index contributed by atoms with van der Waals surface area (Å²) in [7, 11) is 1.69. The number of esters is 1. The normalized spacial score (nSPS) is 13.8. The van der Waals surface area contributed by atoms with Gasteiger partial charge in [-0.05, 0) is 40.0 Å². The van der Waals surface area contributed by atoms with Gasteiger partial charge in [0.2, 0.25) is 0 Å². The number of hydrogen-bond donors (Lipinski definition) is 0. The summed E-state index contributed by atoms with van der Waals surface area (Å²) in [4.78, 5) is 25.7. The van der Waals surface area contributed by atoms with E-state index in [9.17, 15) is 9.59 Å². The van der Waals surface area contributed by atoms with E-state index < -0.39 is 11.7 Å². The van der Waals surface area contributed by atoms with Crippen molar-refractivity contribution < 1.29 is 19.1 Å². The molecule has 5 nitrogen and oxygen atoms in total. The summed E-state index contributed by atoms with van der Waals surface area (Å²) < 4.78 is 10.4. The Labute approximate surface area is 134 Å². The number of hydrogen-bond acceptors (Lipinski definition) is 4. The lowest BCUT2D eigenvalue weighted by Gasteiger charge is -2.31. The van der Waals surface area contributed by atoms with Crippen LogP contribution in [0.1, 0.15) is 54.9 Å². The highest BCUT2D eigenvalue weighted by Crippen LogP contribution is 2.18. The van der Waals surface area contributed by atoms with Crippen LogP contribution in [0.3, 0.4) is 0 Å². The number of amides is 1. The van der Waals surface area contributed by atoms with E-state index in [0.29, 0.717) is 18.6 Å². The standard InChI is InChI=1S/C17H31NO4/c1-9-13(15(19)21-10-2)11-14(12(3)4)18(8)16(20)22-17(5,6)7/h11-12,14H,9-10H2,1-8H3/t14-/m1/s1. The molecule has 0 unspecified atom stereocenters. The smallest absolute Gasteiger partial charge is 0.410 e. The molecule has 0 aliphatic carbocycles. The van der Waals surface area contributed by atoms with E-state index in [0.717, 1.165) is 0 Å². The van der Waals surface area contributed by atoms with Gasteiger partial charge in [-0.15, -0.1) is 0 Å². The molecule has 1 amide bonds. The first-order valence-electron chi connectivity index (χ1n) is 7.87. The first-order valence-corrected chi connectivity index (χ1v) is 7.87. The fraction of sp³-hybridized carbons (Fsp3) is 0.765. The molecule has 1 atom stereocenters. The van der Waals surface area contributed by atoms with Crippen LogP contribution in [0.15, 0.2) is 11.6 Å². The molecular formula is C17H31NO4. The molecule has 22 heavy (non-hydrogen) atoms. The summed E-state index contributed by atoms with van der Waals surface area (Å²) in [6, 6.07) is -0.228. The fourth-order valence-electron chi connectivity index (χ4n) is 1.97. The fourth-order valence-corrected chi connectivity index (χ4v) is 1.97. The minimum absolute atomic E-state index is 0.147. The maximum absolute atomic E-state index is 12.2. The molecule has 0 bridgehead atoms. The lowest BCUT2D eigenvalue weighted by Crippen LogP contribution is -2.42. The predicted molar refractivity (Wildman–Crippen MR) is 87.6 cm³/mol. The van der Waals surface area contributed by atoms with Crippen LogP contribution in [0.25, 0.3) is 0 Å². The molecular weight excluding hydrogens is 282 g/mol. The molecule has 0 radical (unpaired) electrons. The van der Waals surface area contributed by atoms with Crippen LogP contribution in [0.4, 0.5) is 4.79 Å². The van der Waals surface area contributed by atoms with Gasteiger partial charge in [0.05, 0.1) is 12.6 Å². The lowest BCUT2D eigenvalue weighted by molar-refractivity contribution is -0.138. The van der Waals surface area contributed by atoms with Gasteiger partial charge in [0.1, 0.15) is 5.60 Å². The van der Waals surface area contributed by atoms with E-state index in [2.05, 4.69) is 0 Å². The summed E-state index contributed by atoms with van der Waals surface area (Å²) in [5.74, 6) is -0.179. The van der Waals surface area contributed by atoms with Gasteiger partial charge in [0, 0.05) is 12.6 Å². The summed E-state index contributed by atoms with van der Waals surface area (Å²) in [5.41, 5.74) is 0.0293. The zero-order valence-corrected chi connectivity index (χ0v) is 15.2. The first-order chi connectivity index (χ1) is 10.0. The molecule has 0 aromatic carbocycles. The molecule has 0 saturated heterocycles. The van der Waals surface area contributed by atoms with Crippen molar-refractivity contribution in [3.8, 4) is 0 Å². The SMILES string of the molecule is CCOC(=O)C(=C[C@H](C(C)C)N(C)C(=O)OC(C)(C)C)CC. The van der Waals surface area contributed by atoms with Crippen LogP contribution >= 0.6 is 0 Å². The zero-order valence-electron chi connectivity index (χ0n) is 15.2. The van der Waals surface area contributed by atoms with E-state index in [1.54, 1.807) is 14.0 Å². The highest BCUT2D eigenvalue weighted by atomic mass is 16.6.